The molecular formula is C19H37N4OP. The van der Waals surface area contributed by atoms with Gasteiger partial charge in [-0.3, -0.25) is 4.79 Å². The summed E-state index contributed by atoms with van der Waals surface area (Å²) in [4.78, 5) is 15.6. The van der Waals surface area contributed by atoms with Gasteiger partial charge in [0, 0.05) is 25.7 Å². The largest absolute Gasteiger partial charge is 0.332 e. The van der Waals surface area contributed by atoms with Crippen molar-refractivity contribution in [2.45, 2.75) is 69.2 Å². The number of piperazine rings is 1. The van der Waals surface area contributed by atoms with Gasteiger partial charge in [0.05, 0.1) is 11.8 Å². The van der Waals surface area contributed by atoms with E-state index in [1.165, 1.54) is 44.9 Å². The van der Waals surface area contributed by atoms with E-state index in [0.29, 0.717) is 23.6 Å². The van der Waals surface area contributed by atoms with E-state index >= 15 is 0 Å². The Bertz CT molecular complexity index is 390. The van der Waals surface area contributed by atoms with Crippen molar-refractivity contribution >= 4 is 14.5 Å². The molecule has 0 aromatic rings. The monoisotopic (exact) mass is 368 g/mol. The van der Waals surface area contributed by atoms with Gasteiger partial charge in [0.2, 0.25) is 5.91 Å². The van der Waals surface area contributed by atoms with Crippen LogP contribution in [0, 0.1) is 5.92 Å². The van der Waals surface area contributed by atoms with Crippen LogP contribution in [0.15, 0.2) is 0 Å². The van der Waals surface area contributed by atoms with Gasteiger partial charge in [-0.15, -0.1) is 0 Å². The molecule has 0 radical (unpaired) electrons. The number of piperidine rings is 1. The Hall–Kier alpha value is -0.220. The van der Waals surface area contributed by atoms with Crippen molar-refractivity contribution in [1.82, 2.24) is 20.9 Å². The fourth-order valence-electron chi connectivity index (χ4n) is 4.67. The predicted octanol–water partition coefficient (Wildman–Crippen LogP) is 1.73. The SMILES string of the molecule is CP[C@@H]1CNCCN1C(=O)C(CC1CCNCC1)NC1CCCCC1. The van der Waals surface area contributed by atoms with Crippen molar-refractivity contribution in [2.75, 3.05) is 39.4 Å². The first-order valence-electron chi connectivity index (χ1n) is 10.4. The molecule has 1 saturated carbocycles. The maximum absolute atomic E-state index is 13.4. The number of hydrogen-bond acceptors (Lipinski definition) is 4. The fourth-order valence-corrected chi connectivity index (χ4v) is 5.59. The summed E-state index contributed by atoms with van der Waals surface area (Å²) in [6, 6.07) is 0.581. The highest BCUT2D eigenvalue weighted by molar-refractivity contribution is 7.37. The van der Waals surface area contributed by atoms with Crippen molar-refractivity contribution < 1.29 is 4.79 Å². The molecule has 2 heterocycles. The van der Waals surface area contributed by atoms with E-state index in [2.05, 4.69) is 27.5 Å². The predicted molar refractivity (Wildman–Crippen MR) is 107 cm³/mol. The van der Waals surface area contributed by atoms with Crippen molar-refractivity contribution in [2.24, 2.45) is 5.92 Å². The molecule has 1 amide bonds. The molecular weight excluding hydrogens is 331 g/mol. The van der Waals surface area contributed by atoms with Gasteiger partial charge in [0.25, 0.3) is 0 Å². The molecule has 3 aliphatic rings. The summed E-state index contributed by atoms with van der Waals surface area (Å²) >= 11 is 0. The quantitative estimate of drug-likeness (QED) is 0.625. The maximum Gasteiger partial charge on any atom is 0.240 e. The van der Waals surface area contributed by atoms with Crippen molar-refractivity contribution in [1.29, 1.82) is 0 Å². The summed E-state index contributed by atoms with van der Waals surface area (Å²) < 4.78 is 0. The zero-order valence-electron chi connectivity index (χ0n) is 15.9. The van der Waals surface area contributed by atoms with Crippen LogP contribution in [0.3, 0.4) is 0 Å². The molecule has 25 heavy (non-hydrogen) atoms. The van der Waals surface area contributed by atoms with E-state index < -0.39 is 0 Å². The first kappa shape index (κ1) is 19.5. The minimum Gasteiger partial charge on any atom is -0.332 e. The van der Waals surface area contributed by atoms with Crippen LogP contribution >= 0.6 is 8.58 Å². The van der Waals surface area contributed by atoms with E-state index in [0.717, 1.165) is 47.7 Å². The summed E-state index contributed by atoms with van der Waals surface area (Å²) in [5.74, 6) is 1.46. The van der Waals surface area contributed by atoms with Crippen molar-refractivity contribution in [3.8, 4) is 0 Å². The van der Waals surface area contributed by atoms with Gasteiger partial charge >= 0.3 is 0 Å². The third-order valence-corrected chi connectivity index (χ3v) is 7.41. The van der Waals surface area contributed by atoms with Crippen LogP contribution in [-0.2, 0) is 4.79 Å². The van der Waals surface area contributed by atoms with Crippen molar-refractivity contribution in [3.05, 3.63) is 0 Å². The minimum atomic E-state index is 0.0307. The van der Waals surface area contributed by atoms with Gasteiger partial charge in [0.1, 0.15) is 0 Å². The molecule has 6 heteroatoms. The van der Waals surface area contributed by atoms with E-state index in [9.17, 15) is 4.79 Å². The Morgan fingerprint density at radius 2 is 1.88 bits per heavy atom. The molecule has 3 rings (SSSR count). The van der Waals surface area contributed by atoms with Crippen LogP contribution in [0.4, 0.5) is 0 Å². The summed E-state index contributed by atoms with van der Waals surface area (Å²) in [6.45, 7) is 7.23. The van der Waals surface area contributed by atoms with Gasteiger partial charge in [-0.05, 0) is 57.8 Å². The lowest BCUT2D eigenvalue weighted by atomic mass is 9.88. The average molecular weight is 369 g/mol. The second-order valence-corrected chi connectivity index (χ2v) is 9.27. The number of nitrogens with zero attached hydrogens (tertiary/aromatic N) is 1. The number of carbonyl (C=O) groups excluding carboxylic acids is 1. The lowest BCUT2D eigenvalue weighted by molar-refractivity contribution is -0.135. The van der Waals surface area contributed by atoms with Crippen LogP contribution in [0.2, 0.25) is 0 Å². The average Bonchev–Trinajstić information content (AvgIpc) is 2.68. The molecule has 3 fully saturated rings. The van der Waals surface area contributed by atoms with Gasteiger partial charge in [0.15, 0.2) is 0 Å². The van der Waals surface area contributed by atoms with Crippen LogP contribution in [0.25, 0.3) is 0 Å². The number of amides is 1. The molecule has 0 aromatic carbocycles. The highest BCUT2D eigenvalue weighted by atomic mass is 31.1. The molecule has 2 saturated heterocycles. The zero-order valence-corrected chi connectivity index (χ0v) is 16.9. The standard InChI is InChI=1S/C19H37N4OP/c1-25-18-14-21-11-12-23(18)19(24)17(13-15-7-9-20-10-8-15)22-16-5-3-2-4-6-16/h15-18,20-22,25H,2-14H2,1H3/t17?,18-/m1/s1. The summed E-state index contributed by atoms with van der Waals surface area (Å²) in [7, 11) is 0.793. The van der Waals surface area contributed by atoms with E-state index in [1.54, 1.807) is 0 Å². The number of carbonyl (C=O) groups is 1. The smallest absolute Gasteiger partial charge is 0.240 e. The highest BCUT2D eigenvalue weighted by Crippen LogP contribution is 2.26. The van der Waals surface area contributed by atoms with Gasteiger partial charge < -0.3 is 20.9 Å². The maximum atomic E-state index is 13.4. The Balaban J connectivity index is 1.65. The van der Waals surface area contributed by atoms with Gasteiger partial charge in [-0.25, -0.2) is 0 Å². The lowest BCUT2D eigenvalue weighted by Gasteiger charge is -2.40. The molecule has 0 bridgehead atoms. The Morgan fingerprint density at radius 3 is 2.60 bits per heavy atom. The molecule has 0 spiro atoms. The zero-order chi connectivity index (χ0) is 17.5. The second kappa shape index (κ2) is 10.2. The van der Waals surface area contributed by atoms with Crippen LogP contribution in [0.1, 0.15) is 51.4 Å². The van der Waals surface area contributed by atoms with Gasteiger partial charge in [-0.2, -0.15) is 0 Å². The molecule has 0 aromatic heterocycles. The molecule has 3 atom stereocenters. The minimum absolute atomic E-state index is 0.0307. The fraction of sp³-hybridized carbons (Fsp3) is 0.947. The Kier molecular flexibility index (Phi) is 7.97. The molecule has 5 nitrogen and oxygen atoms in total. The molecule has 144 valence electrons. The molecule has 2 aliphatic heterocycles. The third kappa shape index (κ3) is 5.63. The molecule has 3 N–H and O–H groups in total. The second-order valence-electron chi connectivity index (χ2n) is 8.02. The summed E-state index contributed by atoms with van der Waals surface area (Å²) in [5.41, 5.74) is 0. The van der Waals surface area contributed by atoms with E-state index in [1.807, 2.05) is 0 Å². The third-order valence-electron chi connectivity index (χ3n) is 6.23. The summed E-state index contributed by atoms with van der Waals surface area (Å²) in [6.07, 6.45) is 9.96. The Morgan fingerprint density at radius 1 is 1.12 bits per heavy atom. The van der Waals surface area contributed by atoms with Gasteiger partial charge in [-0.1, -0.05) is 27.8 Å². The normalized spacial score (nSPS) is 28.5. The molecule has 1 aliphatic carbocycles. The highest BCUT2D eigenvalue weighted by Gasteiger charge is 2.33. The van der Waals surface area contributed by atoms with E-state index in [-0.39, 0.29) is 6.04 Å². The summed E-state index contributed by atoms with van der Waals surface area (Å²) in [5, 5.41) is 10.7. The van der Waals surface area contributed by atoms with Crippen LogP contribution < -0.4 is 16.0 Å². The van der Waals surface area contributed by atoms with Crippen molar-refractivity contribution in [3.63, 3.8) is 0 Å². The topological polar surface area (TPSA) is 56.4 Å². The number of nitrogens with one attached hydrogen (secondary N) is 3. The first-order valence-corrected chi connectivity index (χ1v) is 12.0. The number of rotatable bonds is 6. The van der Waals surface area contributed by atoms with E-state index in [4.69, 9.17) is 0 Å². The first-order chi connectivity index (χ1) is 12.3. The number of hydrogen-bond donors (Lipinski definition) is 3. The van der Waals surface area contributed by atoms with Crippen LogP contribution in [-0.4, -0.2) is 68.1 Å². The molecule has 2 unspecified atom stereocenters. The Labute approximate surface area is 155 Å². The lowest BCUT2D eigenvalue weighted by Crippen LogP contribution is -2.58. The van der Waals surface area contributed by atoms with Crippen LogP contribution in [0.5, 0.6) is 0 Å².